The molecule has 0 aromatic carbocycles. The Balaban J connectivity index is 1.83. The van der Waals surface area contributed by atoms with Gasteiger partial charge in [-0.15, -0.1) is 0 Å². The summed E-state index contributed by atoms with van der Waals surface area (Å²) in [7, 11) is 0. The van der Waals surface area contributed by atoms with E-state index in [0.717, 1.165) is 12.5 Å². The highest BCUT2D eigenvalue weighted by molar-refractivity contribution is 5.91. The number of nitrogens with zero attached hydrogens (tertiary/aromatic N) is 2. The highest BCUT2D eigenvalue weighted by Crippen LogP contribution is 2.27. The van der Waals surface area contributed by atoms with E-state index in [4.69, 9.17) is 5.84 Å². The number of hydrazine groups is 1. The van der Waals surface area contributed by atoms with Crippen LogP contribution < -0.4 is 16.6 Å². The first-order valence-electron chi connectivity index (χ1n) is 6.76. The van der Waals surface area contributed by atoms with Gasteiger partial charge in [-0.25, -0.2) is 15.8 Å². The molecule has 4 N–H and O–H groups in total. The van der Waals surface area contributed by atoms with Gasteiger partial charge in [0.15, 0.2) is 5.82 Å². The van der Waals surface area contributed by atoms with E-state index >= 15 is 0 Å². The Hall–Kier alpha value is -1.69. The van der Waals surface area contributed by atoms with Crippen molar-refractivity contribution in [2.24, 2.45) is 17.7 Å². The van der Waals surface area contributed by atoms with Gasteiger partial charge in [-0.05, 0) is 24.7 Å². The van der Waals surface area contributed by atoms with E-state index in [-0.39, 0.29) is 5.91 Å². The summed E-state index contributed by atoms with van der Waals surface area (Å²) in [6, 6.07) is 0. The van der Waals surface area contributed by atoms with Crippen molar-refractivity contribution >= 4 is 11.7 Å². The predicted octanol–water partition coefficient (Wildman–Crippen LogP) is 1.32. The molecule has 2 rings (SSSR count). The Labute approximate surface area is 113 Å². The van der Waals surface area contributed by atoms with Crippen LogP contribution in [-0.2, 0) is 0 Å². The van der Waals surface area contributed by atoms with Gasteiger partial charge in [-0.1, -0.05) is 19.8 Å². The van der Waals surface area contributed by atoms with Gasteiger partial charge in [0, 0.05) is 6.54 Å². The normalized spacial score (nSPS) is 22.8. The summed E-state index contributed by atoms with van der Waals surface area (Å²) < 4.78 is 0. The zero-order chi connectivity index (χ0) is 13.7. The second-order valence-corrected chi connectivity index (χ2v) is 5.28. The van der Waals surface area contributed by atoms with Crippen molar-refractivity contribution in [3.63, 3.8) is 0 Å². The average molecular weight is 263 g/mol. The minimum atomic E-state index is -0.172. The molecular weight excluding hydrogens is 242 g/mol. The second-order valence-electron chi connectivity index (χ2n) is 5.28. The zero-order valence-electron chi connectivity index (χ0n) is 11.2. The molecule has 1 heterocycles. The number of carbonyl (C=O) groups is 1. The van der Waals surface area contributed by atoms with Crippen LogP contribution in [-0.4, -0.2) is 22.4 Å². The first-order chi connectivity index (χ1) is 9.19. The molecule has 1 aliphatic carbocycles. The number of carbonyl (C=O) groups excluding carboxylic acids is 1. The third-order valence-electron chi connectivity index (χ3n) is 3.63. The molecule has 2 unspecified atom stereocenters. The fraction of sp³-hybridized carbons (Fsp3) is 0.615. The van der Waals surface area contributed by atoms with Crippen molar-refractivity contribution < 1.29 is 4.79 Å². The molecule has 1 aromatic heterocycles. The summed E-state index contributed by atoms with van der Waals surface area (Å²) >= 11 is 0. The zero-order valence-corrected chi connectivity index (χ0v) is 11.2. The summed E-state index contributed by atoms with van der Waals surface area (Å²) in [6.45, 7) is 3.00. The van der Waals surface area contributed by atoms with Crippen molar-refractivity contribution in [1.82, 2.24) is 15.3 Å². The van der Waals surface area contributed by atoms with Crippen LogP contribution in [0.5, 0.6) is 0 Å². The van der Waals surface area contributed by atoms with E-state index in [9.17, 15) is 4.79 Å². The fourth-order valence-corrected chi connectivity index (χ4v) is 2.59. The van der Waals surface area contributed by atoms with Crippen LogP contribution in [0.4, 0.5) is 5.82 Å². The molecule has 1 saturated carbocycles. The van der Waals surface area contributed by atoms with Gasteiger partial charge in [-0.2, -0.15) is 0 Å². The van der Waals surface area contributed by atoms with Gasteiger partial charge in [-0.3, -0.25) is 4.79 Å². The maximum absolute atomic E-state index is 11.9. The Morgan fingerprint density at radius 3 is 2.89 bits per heavy atom. The molecule has 1 fully saturated rings. The molecular formula is C13H21N5O. The van der Waals surface area contributed by atoms with E-state index in [0.29, 0.717) is 17.4 Å². The number of rotatable bonds is 4. The van der Waals surface area contributed by atoms with Crippen LogP contribution in [0.15, 0.2) is 12.4 Å². The third kappa shape index (κ3) is 3.89. The number of nitrogen functional groups attached to an aromatic ring is 1. The highest BCUT2D eigenvalue weighted by Gasteiger charge is 2.19. The maximum Gasteiger partial charge on any atom is 0.271 e. The molecule has 1 aromatic rings. The van der Waals surface area contributed by atoms with Crippen LogP contribution in [0.3, 0.4) is 0 Å². The van der Waals surface area contributed by atoms with E-state index in [1.165, 1.54) is 38.1 Å². The molecule has 19 heavy (non-hydrogen) atoms. The van der Waals surface area contributed by atoms with Gasteiger partial charge in [0.2, 0.25) is 0 Å². The van der Waals surface area contributed by atoms with Crippen LogP contribution in [0.2, 0.25) is 0 Å². The molecule has 0 spiro atoms. The van der Waals surface area contributed by atoms with E-state index in [1.807, 2.05) is 0 Å². The lowest BCUT2D eigenvalue weighted by Gasteiger charge is -2.26. The molecule has 0 radical (unpaired) electrons. The SMILES string of the molecule is CC1CCCC(CNC(=O)c2cnc(NN)cn2)C1. The van der Waals surface area contributed by atoms with Gasteiger partial charge in [0.05, 0.1) is 12.4 Å². The van der Waals surface area contributed by atoms with Crippen molar-refractivity contribution in [3.05, 3.63) is 18.1 Å². The summed E-state index contributed by atoms with van der Waals surface area (Å²) in [4.78, 5) is 19.9. The topological polar surface area (TPSA) is 92.9 Å². The third-order valence-corrected chi connectivity index (χ3v) is 3.63. The number of hydrogen-bond donors (Lipinski definition) is 3. The number of amides is 1. The monoisotopic (exact) mass is 263 g/mol. The minimum Gasteiger partial charge on any atom is -0.350 e. The first-order valence-corrected chi connectivity index (χ1v) is 6.76. The molecule has 0 saturated heterocycles. The summed E-state index contributed by atoms with van der Waals surface area (Å²) in [5.41, 5.74) is 2.70. The number of hydrogen-bond acceptors (Lipinski definition) is 5. The smallest absolute Gasteiger partial charge is 0.271 e. The molecule has 2 atom stereocenters. The molecule has 104 valence electrons. The van der Waals surface area contributed by atoms with E-state index in [2.05, 4.69) is 27.6 Å². The minimum absolute atomic E-state index is 0.172. The van der Waals surface area contributed by atoms with E-state index < -0.39 is 0 Å². The van der Waals surface area contributed by atoms with Crippen LogP contribution >= 0.6 is 0 Å². The summed E-state index contributed by atoms with van der Waals surface area (Å²) in [6.07, 6.45) is 7.84. The lowest BCUT2D eigenvalue weighted by atomic mass is 9.82. The number of nitrogens with one attached hydrogen (secondary N) is 2. The standard InChI is InChI=1S/C13H21N5O/c1-9-3-2-4-10(5-9)6-17-13(19)11-7-16-12(18-14)8-15-11/h7-10H,2-6,14H2,1H3,(H,16,18)(H,17,19). The van der Waals surface area contributed by atoms with Gasteiger partial charge in [0.25, 0.3) is 5.91 Å². The quantitative estimate of drug-likeness (QED) is 0.562. The van der Waals surface area contributed by atoms with Crippen molar-refractivity contribution in [2.45, 2.75) is 32.6 Å². The lowest BCUT2D eigenvalue weighted by Crippen LogP contribution is -2.32. The van der Waals surface area contributed by atoms with Crippen molar-refractivity contribution in [2.75, 3.05) is 12.0 Å². The number of nitrogens with two attached hydrogens (primary N) is 1. The van der Waals surface area contributed by atoms with Crippen LogP contribution in [0.1, 0.15) is 43.1 Å². The van der Waals surface area contributed by atoms with Crippen LogP contribution in [0, 0.1) is 11.8 Å². The van der Waals surface area contributed by atoms with Gasteiger partial charge < -0.3 is 10.7 Å². The largest absolute Gasteiger partial charge is 0.350 e. The van der Waals surface area contributed by atoms with Crippen LogP contribution in [0.25, 0.3) is 0 Å². The second kappa shape index (κ2) is 6.47. The summed E-state index contributed by atoms with van der Waals surface area (Å²) in [5.74, 6) is 6.82. The Kier molecular flexibility index (Phi) is 4.68. The Bertz CT molecular complexity index is 420. The number of anilines is 1. The molecule has 0 bridgehead atoms. The van der Waals surface area contributed by atoms with Gasteiger partial charge >= 0.3 is 0 Å². The Morgan fingerprint density at radius 1 is 1.42 bits per heavy atom. The number of aromatic nitrogens is 2. The first kappa shape index (κ1) is 13.7. The molecule has 1 amide bonds. The summed E-state index contributed by atoms with van der Waals surface area (Å²) in [5, 5.41) is 2.93. The van der Waals surface area contributed by atoms with Crippen molar-refractivity contribution in [3.8, 4) is 0 Å². The Morgan fingerprint density at radius 2 is 2.26 bits per heavy atom. The molecule has 6 heteroatoms. The average Bonchev–Trinajstić information content (AvgIpc) is 2.45. The molecule has 0 aliphatic heterocycles. The predicted molar refractivity (Wildman–Crippen MR) is 73.3 cm³/mol. The van der Waals surface area contributed by atoms with Crippen molar-refractivity contribution in [1.29, 1.82) is 0 Å². The fourth-order valence-electron chi connectivity index (χ4n) is 2.59. The molecule has 6 nitrogen and oxygen atoms in total. The molecule has 1 aliphatic rings. The maximum atomic E-state index is 11.9. The lowest BCUT2D eigenvalue weighted by molar-refractivity contribution is 0.0935. The highest BCUT2D eigenvalue weighted by atomic mass is 16.1. The van der Waals surface area contributed by atoms with Gasteiger partial charge in [0.1, 0.15) is 5.69 Å². The van der Waals surface area contributed by atoms with E-state index in [1.54, 1.807) is 0 Å².